The fourth-order valence-corrected chi connectivity index (χ4v) is 3.33. The summed E-state index contributed by atoms with van der Waals surface area (Å²) in [6, 6.07) is 0. The smallest absolute Gasteiger partial charge is 0.0701 e. The molecular weight excluding hydrogens is 224 g/mol. The van der Waals surface area contributed by atoms with E-state index in [1.54, 1.807) is 0 Å². The van der Waals surface area contributed by atoms with E-state index in [9.17, 15) is 0 Å². The molecule has 2 rings (SSSR count). The summed E-state index contributed by atoms with van der Waals surface area (Å²) < 4.78 is 11.5. The van der Waals surface area contributed by atoms with Crippen LogP contribution in [0.2, 0.25) is 0 Å². The van der Waals surface area contributed by atoms with Crippen LogP contribution in [0, 0.1) is 0 Å². The molecule has 0 aromatic rings. The lowest BCUT2D eigenvalue weighted by Gasteiger charge is -2.42. The van der Waals surface area contributed by atoms with Gasteiger partial charge in [0.25, 0.3) is 0 Å². The van der Waals surface area contributed by atoms with Gasteiger partial charge in [0.15, 0.2) is 0 Å². The van der Waals surface area contributed by atoms with Crippen molar-refractivity contribution in [2.45, 2.75) is 89.3 Å². The van der Waals surface area contributed by atoms with Crippen molar-refractivity contribution < 1.29 is 9.47 Å². The third kappa shape index (κ3) is 3.27. The van der Waals surface area contributed by atoms with Gasteiger partial charge in [-0.25, -0.2) is 0 Å². The largest absolute Gasteiger partial charge is 0.375 e. The first kappa shape index (κ1) is 14.3. The van der Waals surface area contributed by atoms with Gasteiger partial charge in [0.05, 0.1) is 24.4 Å². The highest BCUT2D eigenvalue weighted by atomic mass is 16.5. The van der Waals surface area contributed by atoms with E-state index in [0.717, 1.165) is 13.2 Å². The minimum atomic E-state index is 0.279. The number of hydrogen-bond acceptors (Lipinski definition) is 2. The highest BCUT2D eigenvalue weighted by Crippen LogP contribution is 2.36. The van der Waals surface area contributed by atoms with Crippen LogP contribution in [0.1, 0.15) is 78.1 Å². The lowest BCUT2D eigenvalue weighted by Crippen LogP contribution is -2.43. The zero-order valence-corrected chi connectivity index (χ0v) is 12.3. The maximum atomic E-state index is 5.75. The summed E-state index contributed by atoms with van der Waals surface area (Å²) in [6.45, 7) is 6.50. The molecule has 2 aliphatic rings. The molecule has 106 valence electrons. The summed E-state index contributed by atoms with van der Waals surface area (Å²) in [4.78, 5) is 0. The molecule has 0 bridgehead atoms. The molecule has 0 radical (unpaired) electrons. The molecule has 2 saturated heterocycles. The molecule has 0 spiro atoms. The summed E-state index contributed by atoms with van der Waals surface area (Å²) in [5.41, 5.74) is 0.559. The fourth-order valence-electron chi connectivity index (χ4n) is 3.33. The molecule has 18 heavy (non-hydrogen) atoms. The van der Waals surface area contributed by atoms with E-state index in [4.69, 9.17) is 9.47 Å². The molecule has 2 atom stereocenters. The molecule has 0 saturated carbocycles. The van der Waals surface area contributed by atoms with Gasteiger partial charge >= 0.3 is 0 Å². The first-order chi connectivity index (χ1) is 8.74. The fraction of sp³-hybridized carbons (Fsp3) is 1.00. The molecule has 0 aliphatic carbocycles. The Morgan fingerprint density at radius 2 is 1.11 bits per heavy atom. The maximum absolute atomic E-state index is 5.75. The van der Waals surface area contributed by atoms with Gasteiger partial charge < -0.3 is 9.47 Å². The molecule has 2 fully saturated rings. The van der Waals surface area contributed by atoms with Crippen LogP contribution in [-0.2, 0) is 9.47 Å². The molecule has 0 aromatic carbocycles. The maximum Gasteiger partial charge on any atom is 0.0701 e. The van der Waals surface area contributed by atoms with E-state index < -0.39 is 0 Å². The number of unbranched alkanes of at least 4 members (excludes halogenated alkanes) is 3. The number of rotatable bonds is 9. The minimum absolute atomic E-state index is 0.279. The average Bonchev–Trinajstić information content (AvgIpc) is 2.29. The summed E-state index contributed by atoms with van der Waals surface area (Å²) >= 11 is 0. The Morgan fingerprint density at radius 1 is 0.722 bits per heavy atom. The van der Waals surface area contributed by atoms with Crippen molar-refractivity contribution in [1.82, 2.24) is 0 Å². The van der Waals surface area contributed by atoms with Crippen LogP contribution in [0.3, 0.4) is 0 Å². The Balaban J connectivity index is 1.49. The second-order valence-electron chi connectivity index (χ2n) is 6.18. The van der Waals surface area contributed by atoms with Crippen LogP contribution in [0.15, 0.2) is 0 Å². The van der Waals surface area contributed by atoms with E-state index in [0.29, 0.717) is 0 Å². The van der Waals surface area contributed by atoms with Crippen molar-refractivity contribution in [2.75, 3.05) is 13.2 Å². The Kier molecular flexibility index (Phi) is 5.08. The number of hydrogen-bond donors (Lipinski definition) is 0. The summed E-state index contributed by atoms with van der Waals surface area (Å²) in [5.74, 6) is 0. The van der Waals surface area contributed by atoms with Crippen LogP contribution < -0.4 is 0 Å². The predicted octanol–water partition coefficient (Wildman–Crippen LogP) is 4.47. The van der Waals surface area contributed by atoms with Gasteiger partial charge in [0.2, 0.25) is 0 Å². The van der Waals surface area contributed by atoms with Gasteiger partial charge in [0.1, 0.15) is 0 Å². The molecule has 0 N–H and O–H groups in total. The van der Waals surface area contributed by atoms with Crippen molar-refractivity contribution in [3.63, 3.8) is 0 Å². The number of ether oxygens (including phenoxy) is 2. The van der Waals surface area contributed by atoms with Gasteiger partial charge in [-0.2, -0.15) is 0 Å². The van der Waals surface area contributed by atoms with E-state index in [-0.39, 0.29) is 11.2 Å². The summed E-state index contributed by atoms with van der Waals surface area (Å²) in [6.07, 6.45) is 12.9. The minimum Gasteiger partial charge on any atom is -0.375 e. The van der Waals surface area contributed by atoms with Crippen molar-refractivity contribution in [3.8, 4) is 0 Å². The first-order valence-corrected chi connectivity index (χ1v) is 8.02. The first-order valence-electron chi connectivity index (χ1n) is 8.02. The Hall–Kier alpha value is -0.0800. The van der Waals surface area contributed by atoms with Gasteiger partial charge in [-0.1, -0.05) is 39.5 Å². The predicted molar refractivity (Wildman–Crippen MR) is 74.9 cm³/mol. The van der Waals surface area contributed by atoms with Crippen LogP contribution in [-0.4, -0.2) is 24.4 Å². The third-order valence-electron chi connectivity index (χ3n) is 5.24. The van der Waals surface area contributed by atoms with Crippen molar-refractivity contribution in [3.05, 3.63) is 0 Å². The molecule has 2 heteroatoms. The molecule has 2 nitrogen and oxygen atoms in total. The van der Waals surface area contributed by atoms with Gasteiger partial charge in [-0.05, 0) is 38.5 Å². The van der Waals surface area contributed by atoms with Crippen LogP contribution in [0.4, 0.5) is 0 Å². The summed E-state index contributed by atoms with van der Waals surface area (Å²) in [7, 11) is 0. The second-order valence-corrected chi connectivity index (χ2v) is 6.18. The van der Waals surface area contributed by atoms with E-state index in [1.165, 1.54) is 64.2 Å². The van der Waals surface area contributed by atoms with Gasteiger partial charge in [-0.3, -0.25) is 0 Å². The Bertz CT molecular complexity index is 204. The quantitative estimate of drug-likeness (QED) is 0.565. The molecule has 2 heterocycles. The highest BCUT2D eigenvalue weighted by Gasteiger charge is 2.36. The van der Waals surface area contributed by atoms with Crippen molar-refractivity contribution >= 4 is 0 Å². The third-order valence-corrected chi connectivity index (χ3v) is 5.24. The SMILES string of the molecule is CCC1(CCCCCCC2(CC)CCO2)CCO1. The van der Waals surface area contributed by atoms with Crippen LogP contribution in [0.25, 0.3) is 0 Å². The zero-order valence-electron chi connectivity index (χ0n) is 12.3. The standard InChI is InChI=1S/C16H30O2/c1-3-15(11-13-17-15)9-7-5-6-8-10-16(4-2)12-14-18-16/h3-14H2,1-2H3. The average molecular weight is 254 g/mol. The van der Waals surface area contributed by atoms with Crippen LogP contribution in [0.5, 0.6) is 0 Å². The van der Waals surface area contributed by atoms with Crippen molar-refractivity contribution in [2.24, 2.45) is 0 Å². The van der Waals surface area contributed by atoms with Crippen molar-refractivity contribution in [1.29, 1.82) is 0 Å². The highest BCUT2D eigenvalue weighted by molar-refractivity contribution is 4.87. The molecule has 0 amide bonds. The van der Waals surface area contributed by atoms with Gasteiger partial charge in [-0.15, -0.1) is 0 Å². The topological polar surface area (TPSA) is 18.5 Å². The lowest BCUT2D eigenvalue weighted by molar-refractivity contribution is -0.155. The Labute approximate surface area is 112 Å². The molecular formula is C16H30O2. The van der Waals surface area contributed by atoms with Crippen LogP contribution >= 0.6 is 0 Å². The van der Waals surface area contributed by atoms with Gasteiger partial charge in [0, 0.05) is 0 Å². The lowest BCUT2D eigenvalue weighted by atomic mass is 9.84. The second kappa shape index (κ2) is 6.38. The van der Waals surface area contributed by atoms with E-state index >= 15 is 0 Å². The monoisotopic (exact) mass is 254 g/mol. The molecule has 2 aliphatic heterocycles. The zero-order chi connectivity index (χ0) is 12.9. The summed E-state index contributed by atoms with van der Waals surface area (Å²) in [5, 5.41) is 0. The molecule has 0 aromatic heterocycles. The Morgan fingerprint density at radius 3 is 1.33 bits per heavy atom. The molecule has 2 unspecified atom stereocenters. The van der Waals surface area contributed by atoms with E-state index in [2.05, 4.69) is 13.8 Å². The van der Waals surface area contributed by atoms with E-state index in [1.807, 2.05) is 0 Å². The normalized spacial score (nSPS) is 35.0.